The molecule has 1 aliphatic heterocycles. The molecule has 8 nitrogen and oxygen atoms in total. The van der Waals surface area contributed by atoms with E-state index in [-0.39, 0.29) is 16.7 Å². The van der Waals surface area contributed by atoms with Gasteiger partial charge in [0.1, 0.15) is 11.9 Å². The Morgan fingerprint density at radius 3 is 2.53 bits per heavy atom. The maximum atomic E-state index is 13.1. The minimum Gasteiger partial charge on any atom is -0.340 e. The number of amidine groups is 1. The van der Waals surface area contributed by atoms with Crippen molar-refractivity contribution in [2.75, 3.05) is 11.9 Å². The second kappa shape index (κ2) is 11.8. The number of benzene rings is 2. The van der Waals surface area contributed by atoms with E-state index in [4.69, 9.17) is 0 Å². The van der Waals surface area contributed by atoms with Crippen LogP contribution in [0.25, 0.3) is 0 Å². The largest absolute Gasteiger partial charge is 0.340 e. The van der Waals surface area contributed by atoms with Crippen molar-refractivity contribution in [3.63, 3.8) is 0 Å². The highest BCUT2D eigenvalue weighted by Crippen LogP contribution is 2.18. The summed E-state index contributed by atoms with van der Waals surface area (Å²) in [6.45, 7) is 4.43. The van der Waals surface area contributed by atoms with E-state index in [0.717, 1.165) is 19.3 Å². The normalized spacial score (nSPS) is 15.9. The van der Waals surface area contributed by atoms with Crippen LogP contribution in [0.2, 0.25) is 0 Å². The second-order valence-electron chi connectivity index (χ2n) is 8.46. The van der Waals surface area contributed by atoms with E-state index in [1.54, 1.807) is 36.4 Å². The molecule has 3 rings (SSSR count). The number of amides is 2. The lowest BCUT2D eigenvalue weighted by Crippen LogP contribution is -2.47. The van der Waals surface area contributed by atoms with Crippen molar-refractivity contribution in [3.8, 4) is 0 Å². The third-order valence-corrected chi connectivity index (χ3v) is 7.24. The lowest BCUT2D eigenvalue weighted by atomic mass is 9.97. The topological polar surface area (TPSA) is 117 Å². The number of sulfonamides is 1. The average Bonchev–Trinajstić information content (AvgIpc) is 3.10. The Kier molecular flexibility index (Phi) is 8.81. The van der Waals surface area contributed by atoms with Crippen molar-refractivity contribution in [3.05, 3.63) is 60.2 Å². The van der Waals surface area contributed by atoms with Crippen molar-refractivity contribution in [2.45, 2.75) is 56.9 Å². The molecule has 0 spiro atoms. The lowest BCUT2D eigenvalue weighted by molar-refractivity contribution is -0.119. The van der Waals surface area contributed by atoms with Crippen LogP contribution in [0.5, 0.6) is 0 Å². The van der Waals surface area contributed by atoms with E-state index in [1.165, 1.54) is 12.1 Å². The zero-order valence-electron chi connectivity index (χ0n) is 19.6. The molecule has 2 atom stereocenters. The molecule has 34 heavy (non-hydrogen) atoms. The maximum absolute atomic E-state index is 13.1. The quantitative estimate of drug-likeness (QED) is 0.529. The summed E-state index contributed by atoms with van der Waals surface area (Å²) in [4.78, 5) is 30.1. The zero-order chi connectivity index (χ0) is 24.6. The summed E-state index contributed by atoms with van der Waals surface area (Å²) < 4.78 is 28.3. The first-order valence-electron chi connectivity index (χ1n) is 11.6. The molecular formula is C25H32N4O4S. The van der Waals surface area contributed by atoms with Crippen LogP contribution >= 0.6 is 0 Å². The summed E-state index contributed by atoms with van der Waals surface area (Å²) in [6, 6.07) is 14.0. The first-order valence-corrected chi connectivity index (χ1v) is 13.1. The van der Waals surface area contributed by atoms with Crippen molar-refractivity contribution in [1.29, 1.82) is 0 Å². The molecule has 0 saturated heterocycles. The van der Waals surface area contributed by atoms with Crippen molar-refractivity contribution in [1.82, 2.24) is 10.0 Å². The Labute approximate surface area is 201 Å². The summed E-state index contributed by atoms with van der Waals surface area (Å²) in [5.41, 5.74) is 0.794. The number of nitrogens with zero attached hydrogens (tertiary/aromatic N) is 1. The van der Waals surface area contributed by atoms with Crippen LogP contribution in [0.4, 0.5) is 5.69 Å². The molecule has 2 aromatic rings. The number of hydrogen-bond donors (Lipinski definition) is 3. The highest BCUT2D eigenvalue weighted by molar-refractivity contribution is 7.90. The van der Waals surface area contributed by atoms with Gasteiger partial charge >= 0.3 is 0 Å². The fourth-order valence-electron chi connectivity index (χ4n) is 3.65. The Morgan fingerprint density at radius 2 is 1.79 bits per heavy atom. The van der Waals surface area contributed by atoms with Gasteiger partial charge in [0.2, 0.25) is 5.91 Å². The van der Waals surface area contributed by atoms with Gasteiger partial charge in [0, 0.05) is 24.2 Å². The predicted octanol–water partition coefficient (Wildman–Crippen LogP) is 3.72. The summed E-state index contributed by atoms with van der Waals surface area (Å²) in [5, 5.41) is 5.58. The summed E-state index contributed by atoms with van der Waals surface area (Å²) in [6.07, 6.45) is 4.13. The first kappa shape index (κ1) is 25.4. The van der Waals surface area contributed by atoms with Gasteiger partial charge in [0.15, 0.2) is 0 Å². The third-order valence-electron chi connectivity index (χ3n) is 5.86. The van der Waals surface area contributed by atoms with Crippen molar-refractivity contribution >= 4 is 33.4 Å². The second-order valence-corrected chi connectivity index (χ2v) is 10.1. The van der Waals surface area contributed by atoms with Gasteiger partial charge in [0.25, 0.3) is 15.9 Å². The number of hydrogen-bond acceptors (Lipinski definition) is 5. The Morgan fingerprint density at radius 1 is 1.03 bits per heavy atom. The molecule has 0 fully saturated rings. The van der Waals surface area contributed by atoms with Gasteiger partial charge in [-0.25, -0.2) is 8.42 Å². The highest BCUT2D eigenvalue weighted by atomic mass is 32.2. The summed E-state index contributed by atoms with van der Waals surface area (Å²) in [5.74, 6) is -0.415. The minimum absolute atomic E-state index is 0.0330. The molecule has 1 aliphatic rings. The van der Waals surface area contributed by atoms with Gasteiger partial charge in [-0.1, -0.05) is 51.0 Å². The molecular weight excluding hydrogens is 452 g/mol. The van der Waals surface area contributed by atoms with Crippen molar-refractivity contribution < 1.29 is 18.0 Å². The van der Waals surface area contributed by atoms with Gasteiger partial charge < -0.3 is 10.6 Å². The number of anilines is 1. The number of aliphatic imine (C=N–C) groups is 1. The van der Waals surface area contributed by atoms with Crippen molar-refractivity contribution in [2.24, 2.45) is 10.9 Å². The number of carbonyl (C=O) groups excluding carboxylic acids is 2. The van der Waals surface area contributed by atoms with E-state index in [2.05, 4.69) is 20.3 Å². The van der Waals surface area contributed by atoms with Crippen LogP contribution < -0.4 is 15.4 Å². The number of carbonyl (C=O) groups is 2. The molecule has 2 amide bonds. The summed E-state index contributed by atoms with van der Waals surface area (Å²) >= 11 is 0. The van der Waals surface area contributed by atoms with Gasteiger partial charge in [-0.2, -0.15) is 0 Å². The minimum atomic E-state index is -3.83. The van der Waals surface area contributed by atoms with Crippen LogP contribution in [0.15, 0.2) is 64.5 Å². The molecule has 182 valence electrons. The molecule has 0 radical (unpaired) electrons. The van der Waals surface area contributed by atoms with Crippen LogP contribution in [-0.2, 0) is 14.8 Å². The van der Waals surface area contributed by atoms with Crippen LogP contribution in [0.3, 0.4) is 0 Å². The van der Waals surface area contributed by atoms with E-state index >= 15 is 0 Å². The fraction of sp³-hybridized carbons (Fsp3) is 0.400. The molecule has 2 aromatic carbocycles. The lowest BCUT2D eigenvalue weighted by Gasteiger charge is -2.23. The van der Waals surface area contributed by atoms with Gasteiger partial charge in [0.05, 0.1) is 4.90 Å². The molecule has 3 N–H and O–H groups in total. The third kappa shape index (κ3) is 6.90. The molecule has 0 saturated carbocycles. The SMILES string of the molecule is CC[C@@H](C)[C@H](NC(=O)c1ccccc1)C(=O)Nc1cccc(S(=O)(=O)NC2=NCCCCC2)c1. The zero-order valence-corrected chi connectivity index (χ0v) is 20.4. The molecule has 0 aromatic heterocycles. The van der Waals surface area contributed by atoms with E-state index < -0.39 is 22.0 Å². The average molecular weight is 485 g/mol. The summed E-state index contributed by atoms with van der Waals surface area (Å²) in [7, 11) is -3.83. The van der Waals surface area contributed by atoms with E-state index in [9.17, 15) is 18.0 Å². The Hall–Kier alpha value is -3.20. The standard InChI is InChI=1S/C25H32N4O4S/c1-3-18(2)23(28-24(30)19-11-6-4-7-12-19)25(31)27-20-13-10-14-21(17-20)34(32,33)29-22-15-8-5-9-16-26-22/h4,6-7,10-14,17-18,23H,3,5,8-9,15-16H2,1-2H3,(H,26,29)(H,27,31)(H,28,30)/t18-,23+/m1/s1. The van der Waals surface area contributed by atoms with Gasteiger partial charge in [-0.15, -0.1) is 0 Å². The predicted molar refractivity (Wildman–Crippen MR) is 133 cm³/mol. The molecule has 1 heterocycles. The molecule has 0 aliphatic carbocycles. The first-order chi connectivity index (χ1) is 16.3. The van der Waals surface area contributed by atoms with Gasteiger partial charge in [-0.05, 0) is 49.1 Å². The van der Waals surface area contributed by atoms with E-state index in [0.29, 0.717) is 36.5 Å². The monoisotopic (exact) mass is 484 g/mol. The molecule has 0 bridgehead atoms. The Bertz CT molecular complexity index is 1130. The molecule has 9 heteroatoms. The molecule has 0 unspecified atom stereocenters. The fourth-order valence-corrected chi connectivity index (χ4v) is 4.78. The highest BCUT2D eigenvalue weighted by Gasteiger charge is 2.27. The maximum Gasteiger partial charge on any atom is 0.262 e. The number of nitrogens with one attached hydrogen (secondary N) is 3. The van der Waals surface area contributed by atoms with Gasteiger partial charge in [-0.3, -0.25) is 19.3 Å². The van der Waals surface area contributed by atoms with Crippen LogP contribution in [0, 0.1) is 5.92 Å². The Balaban J connectivity index is 1.74. The van der Waals surface area contributed by atoms with Crippen LogP contribution in [-0.4, -0.2) is 38.7 Å². The number of rotatable bonds is 8. The smallest absolute Gasteiger partial charge is 0.262 e. The van der Waals surface area contributed by atoms with Crippen LogP contribution in [0.1, 0.15) is 56.3 Å². The van der Waals surface area contributed by atoms with E-state index in [1.807, 2.05) is 19.9 Å².